The summed E-state index contributed by atoms with van der Waals surface area (Å²) in [6.07, 6.45) is 5.26. The topological polar surface area (TPSA) is 66.8 Å². The van der Waals surface area contributed by atoms with Crippen LogP contribution in [-0.2, 0) is 14.3 Å². The van der Waals surface area contributed by atoms with Gasteiger partial charge >= 0.3 is 5.97 Å². The molecule has 5 atom stereocenters. The third-order valence-electron chi connectivity index (χ3n) is 5.21. The lowest BCUT2D eigenvalue weighted by Crippen LogP contribution is -2.45. The highest BCUT2D eigenvalue weighted by molar-refractivity contribution is 6.34. The fourth-order valence-corrected chi connectivity index (χ4v) is 4.54. The maximum atomic E-state index is 13.2. The van der Waals surface area contributed by atoms with E-state index in [0.29, 0.717) is 17.1 Å². The Morgan fingerprint density at radius 2 is 2.21 bits per heavy atom. The lowest BCUT2D eigenvalue weighted by Gasteiger charge is -2.32. The van der Waals surface area contributed by atoms with E-state index in [0.717, 1.165) is 0 Å². The molecule has 1 amide bonds. The minimum absolute atomic E-state index is 0.255. The highest BCUT2D eigenvalue weighted by Gasteiger charge is 2.71. The van der Waals surface area contributed by atoms with Crippen LogP contribution in [0, 0.1) is 11.8 Å². The average molecular weight is 346 g/mol. The van der Waals surface area contributed by atoms with Crippen LogP contribution in [0.2, 0.25) is 5.02 Å². The summed E-state index contributed by atoms with van der Waals surface area (Å²) < 4.78 is 6.04. The molecule has 1 N–H and O–H groups in total. The molecule has 3 aliphatic heterocycles. The minimum Gasteiger partial charge on any atom is -0.481 e. The number of fused-ring (bicyclic) bond motifs is 1. The van der Waals surface area contributed by atoms with Crippen molar-refractivity contribution in [3.63, 3.8) is 0 Å². The summed E-state index contributed by atoms with van der Waals surface area (Å²) in [5, 5.41) is 10.0. The molecule has 0 saturated carbocycles. The number of rotatable bonds is 4. The number of carboxylic acid groups (broad SMARTS) is 1. The fraction of sp³-hybridized carbons (Fsp3) is 0.333. The predicted molar refractivity (Wildman–Crippen MR) is 88.9 cm³/mol. The van der Waals surface area contributed by atoms with Crippen LogP contribution in [0.3, 0.4) is 0 Å². The number of amides is 1. The standard InChI is InChI=1S/C18H16ClNO4/c1-2-5-13-18-9-8-12(24-18)14(17(22)23)15(18)16(21)20(13)11-7-4-3-6-10(11)19/h2-4,6-9,12-15H,1,5H2,(H,22,23)/t12-,13-,14-,15-,18-/m1/s1. The van der Waals surface area contributed by atoms with E-state index >= 15 is 0 Å². The van der Waals surface area contributed by atoms with E-state index in [9.17, 15) is 14.7 Å². The van der Waals surface area contributed by atoms with Crippen molar-refractivity contribution in [1.29, 1.82) is 0 Å². The highest BCUT2D eigenvalue weighted by atomic mass is 35.5. The van der Waals surface area contributed by atoms with Gasteiger partial charge in [0, 0.05) is 0 Å². The van der Waals surface area contributed by atoms with Crippen molar-refractivity contribution in [3.8, 4) is 0 Å². The fourth-order valence-electron chi connectivity index (χ4n) is 4.31. The molecule has 0 radical (unpaired) electrons. The van der Waals surface area contributed by atoms with E-state index < -0.39 is 29.5 Å². The second kappa shape index (κ2) is 5.19. The first-order chi connectivity index (χ1) is 11.5. The number of carboxylic acids is 1. The van der Waals surface area contributed by atoms with Crippen molar-refractivity contribution in [3.05, 3.63) is 54.1 Å². The largest absolute Gasteiger partial charge is 0.481 e. The number of anilines is 1. The molecule has 2 bridgehead atoms. The van der Waals surface area contributed by atoms with E-state index in [2.05, 4.69) is 6.58 Å². The van der Waals surface area contributed by atoms with Gasteiger partial charge in [-0.2, -0.15) is 0 Å². The molecule has 0 aromatic heterocycles. The highest BCUT2D eigenvalue weighted by Crippen LogP contribution is 2.56. The Bertz CT molecular complexity index is 776. The normalized spacial score (nSPS) is 36.2. The summed E-state index contributed by atoms with van der Waals surface area (Å²) in [6.45, 7) is 3.78. The average Bonchev–Trinajstić information content (AvgIpc) is 3.18. The van der Waals surface area contributed by atoms with Crippen molar-refractivity contribution in [1.82, 2.24) is 0 Å². The molecule has 3 heterocycles. The van der Waals surface area contributed by atoms with Gasteiger partial charge < -0.3 is 14.7 Å². The van der Waals surface area contributed by atoms with Gasteiger partial charge in [0.15, 0.2) is 0 Å². The van der Waals surface area contributed by atoms with Gasteiger partial charge in [-0.25, -0.2) is 0 Å². The summed E-state index contributed by atoms with van der Waals surface area (Å²) in [5.41, 5.74) is -0.359. The number of carbonyl (C=O) groups is 2. The minimum atomic E-state index is -1.01. The van der Waals surface area contributed by atoms with E-state index in [1.54, 1.807) is 41.3 Å². The molecule has 24 heavy (non-hydrogen) atoms. The third kappa shape index (κ3) is 1.79. The van der Waals surface area contributed by atoms with Crippen molar-refractivity contribution >= 4 is 29.2 Å². The number of para-hydroxylation sites is 1. The second-order valence-corrected chi connectivity index (χ2v) is 6.74. The maximum Gasteiger partial charge on any atom is 0.310 e. The molecule has 2 saturated heterocycles. The van der Waals surface area contributed by atoms with E-state index in [1.807, 2.05) is 6.08 Å². The second-order valence-electron chi connectivity index (χ2n) is 6.34. The molecule has 6 heteroatoms. The van der Waals surface area contributed by atoms with Crippen molar-refractivity contribution in [2.45, 2.75) is 24.2 Å². The summed E-state index contributed by atoms with van der Waals surface area (Å²) in [5.74, 6) is -2.88. The van der Waals surface area contributed by atoms with Gasteiger partial charge in [-0.3, -0.25) is 9.59 Å². The molecule has 1 aromatic carbocycles. The molecular formula is C18H16ClNO4. The molecule has 1 aromatic rings. The molecule has 124 valence electrons. The van der Waals surface area contributed by atoms with Crippen LogP contribution in [-0.4, -0.2) is 34.7 Å². The lowest BCUT2D eigenvalue weighted by atomic mass is 9.74. The van der Waals surface area contributed by atoms with Crippen LogP contribution in [0.25, 0.3) is 0 Å². The van der Waals surface area contributed by atoms with Gasteiger partial charge in [-0.1, -0.05) is 42.0 Å². The number of halogens is 1. The summed E-state index contributed by atoms with van der Waals surface area (Å²) in [6, 6.07) is 6.70. The summed E-state index contributed by atoms with van der Waals surface area (Å²) in [4.78, 5) is 26.5. The smallest absolute Gasteiger partial charge is 0.310 e. The van der Waals surface area contributed by atoms with Gasteiger partial charge in [0.25, 0.3) is 0 Å². The van der Waals surface area contributed by atoms with Gasteiger partial charge in [0.2, 0.25) is 5.91 Å². The quantitative estimate of drug-likeness (QED) is 0.852. The van der Waals surface area contributed by atoms with Gasteiger partial charge in [-0.05, 0) is 18.6 Å². The van der Waals surface area contributed by atoms with Gasteiger partial charge in [0.05, 0.1) is 28.8 Å². The first kappa shape index (κ1) is 15.4. The molecular weight excluding hydrogens is 330 g/mol. The number of nitrogens with zero attached hydrogens (tertiary/aromatic N) is 1. The van der Waals surface area contributed by atoms with Crippen LogP contribution >= 0.6 is 11.6 Å². The monoisotopic (exact) mass is 345 g/mol. The first-order valence-electron chi connectivity index (χ1n) is 7.79. The molecule has 4 rings (SSSR count). The molecule has 3 aliphatic rings. The Balaban J connectivity index is 1.87. The van der Waals surface area contributed by atoms with Crippen molar-refractivity contribution < 1.29 is 19.4 Å². The number of hydrogen-bond acceptors (Lipinski definition) is 3. The Morgan fingerprint density at radius 3 is 2.88 bits per heavy atom. The molecule has 0 unspecified atom stereocenters. The number of ether oxygens (including phenoxy) is 1. The van der Waals surface area contributed by atoms with Crippen molar-refractivity contribution in [2.24, 2.45) is 11.8 Å². The lowest BCUT2D eigenvalue weighted by molar-refractivity contribution is -0.146. The van der Waals surface area contributed by atoms with Gasteiger partial charge in [-0.15, -0.1) is 6.58 Å². The SMILES string of the molecule is C=CC[C@H]1N(c2ccccc2Cl)C(=O)[C@H]2[C@H](C(=O)O)[C@H]3C=C[C@]21O3. The van der Waals surface area contributed by atoms with E-state index in [1.165, 1.54) is 0 Å². The van der Waals surface area contributed by atoms with E-state index in [4.69, 9.17) is 16.3 Å². The molecule has 5 nitrogen and oxygen atoms in total. The Kier molecular flexibility index (Phi) is 3.34. The van der Waals surface area contributed by atoms with Crippen molar-refractivity contribution in [2.75, 3.05) is 4.90 Å². The van der Waals surface area contributed by atoms with Crippen LogP contribution in [0.1, 0.15) is 6.42 Å². The zero-order valence-electron chi connectivity index (χ0n) is 12.8. The Hall–Kier alpha value is -2.11. The number of aliphatic carboxylic acids is 1. The molecule has 1 spiro atoms. The predicted octanol–water partition coefficient (Wildman–Crippen LogP) is 2.66. The Labute approximate surface area is 144 Å². The van der Waals surface area contributed by atoms with Crippen LogP contribution < -0.4 is 4.90 Å². The van der Waals surface area contributed by atoms with Gasteiger partial charge in [0.1, 0.15) is 11.5 Å². The molecule has 2 fully saturated rings. The molecule has 0 aliphatic carbocycles. The van der Waals surface area contributed by atoms with Crippen LogP contribution in [0.15, 0.2) is 49.1 Å². The third-order valence-corrected chi connectivity index (χ3v) is 5.53. The maximum absolute atomic E-state index is 13.2. The summed E-state index contributed by atoms with van der Waals surface area (Å²) in [7, 11) is 0. The number of benzene rings is 1. The number of carbonyl (C=O) groups excluding carboxylic acids is 1. The van der Waals surface area contributed by atoms with Crippen LogP contribution in [0.5, 0.6) is 0 Å². The number of hydrogen-bond donors (Lipinski definition) is 1. The Morgan fingerprint density at radius 1 is 1.46 bits per heavy atom. The van der Waals surface area contributed by atoms with Crippen LogP contribution in [0.4, 0.5) is 5.69 Å². The zero-order valence-corrected chi connectivity index (χ0v) is 13.5. The zero-order chi connectivity index (χ0) is 17.1. The summed E-state index contributed by atoms with van der Waals surface area (Å²) >= 11 is 6.29. The first-order valence-corrected chi connectivity index (χ1v) is 8.17. The van der Waals surface area contributed by atoms with E-state index in [-0.39, 0.29) is 11.9 Å².